The van der Waals surface area contributed by atoms with E-state index in [1.807, 2.05) is 0 Å². The largest absolute Gasteiger partial charge is 0.326 e. The van der Waals surface area contributed by atoms with E-state index in [1.54, 1.807) is 0 Å². The van der Waals surface area contributed by atoms with Crippen molar-refractivity contribution in [2.45, 2.75) is 29.5 Å². The lowest BCUT2D eigenvalue weighted by Crippen LogP contribution is -2.18. The highest BCUT2D eigenvalue weighted by Gasteiger charge is 2.67. The number of Topliss-reactive ketones (excluding diaryl/α,β-unsaturated/α-hetero) is 1. The predicted molar refractivity (Wildman–Crippen MR) is 116 cm³/mol. The number of hydrogen-bond acceptors (Lipinski definition) is 2. The number of amides is 1. The van der Waals surface area contributed by atoms with Crippen LogP contribution in [0.1, 0.15) is 41.1 Å². The first-order valence-corrected chi connectivity index (χ1v) is 11.0. The maximum Gasteiger partial charge on any atom is 0.231 e. The molecule has 3 rings (SSSR count). The van der Waals surface area contributed by atoms with E-state index in [-0.39, 0.29) is 17.1 Å². The monoisotopic (exact) mass is 511 g/mol. The summed E-state index contributed by atoms with van der Waals surface area (Å²) in [7, 11) is 0. The lowest BCUT2D eigenvalue weighted by atomic mass is 10.0. The van der Waals surface area contributed by atoms with Crippen molar-refractivity contribution in [2.75, 3.05) is 11.2 Å². The molecule has 0 aromatic heterocycles. The summed E-state index contributed by atoms with van der Waals surface area (Å²) >= 11 is 23.8. The maximum atomic E-state index is 14.1. The Labute approximate surface area is 196 Å². The maximum absolute atomic E-state index is 14.1. The highest BCUT2D eigenvalue weighted by Crippen LogP contribution is 2.65. The zero-order valence-electron chi connectivity index (χ0n) is 15.8. The molecule has 31 heavy (non-hydrogen) atoms. The fourth-order valence-corrected chi connectivity index (χ4v) is 4.58. The molecule has 0 radical (unpaired) electrons. The third-order valence-corrected chi connectivity index (χ3v) is 6.52. The number of halogens is 7. The molecule has 1 N–H and O–H groups in total. The molecule has 1 fully saturated rings. The van der Waals surface area contributed by atoms with Crippen LogP contribution >= 0.6 is 46.4 Å². The molecule has 1 aliphatic rings. The number of unbranched alkanes of at least 4 members (excludes halogenated alkanes) is 1. The van der Waals surface area contributed by atoms with Crippen LogP contribution in [0.2, 0.25) is 5.02 Å². The van der Waals surface area contributed by atoms with Crippen molar-refractivity contribution in [2.24, 2.45) is 5.92 Å². The average Bonchev–Trinajstić information content (AvgIpc) is 3.28. The van der Waals surface area contributed by atoms with Crippen molar-refractivity contribution in [1.29, 1.82) is 0 Å². The SMILES string of the molecule is O=C(CCCCCl)c1cc(NC(=O)C2C(c3ccc(F)c(Cl)c3)C2(Cl)Cl)cc(F)c1F. The minimum atomic E-state index is -1.50. The lowest BCUT2D eigenvalue weighted by Gasteiger charge is -2.09. The van der Waals surface area contributed by atoms with Gasteiger partial charge in [0.15, 0.2) is 17.4 Å². The summed E-state index contributed by atoms with van der Waals surface area (Å²) in [5.74, 6) is -5.76. The second-order valence-corrected chi connectivity index (χ2v) is 9.41. The molecule has 2 atom stereocenters. The zero-order valence-corrected chi connectivity index (χ0v) is 18.9. The standard InChI is InChI=1S/C21H16Cl4F3NO2/c22-6-2-1-3-16(30)12-8-11(9-15(27)19(12)28)29-20(31)18-17(21(18,24)25)10-4-5-14(26)13(23)7-10/h4-5,7-9,17-18H,1-3,6H2,(H,29,31). The number of carbonyl (C=O) groups excluding carboxylic acids is 2. The Balaban J connectivity index is 1.78. The van der Waals surface area contributed by atoms with E-state index in [9.17, 15) is 22.8 Å². The molecule has 3 nitrogen and oxygen atoms in total. The molecule has 2 aromatic carbocycles. The van der Waals surface area contributed by atoms with Crippen molar-refractivity contribution in [1.82, 2.24) is 0 Å². The number of rotatable bonds is 8. The molecule has 0 bridgehead atoms. The van der Waals surface area contributed by atoms with Gasteiger partial charge in [-0.2, -0.15) is 0 Å². The number of alkyl halides is 3. The van der Waals surface area contributed by atoms with Gasteiger partial charge in [-0.15, -0.1) is 34.8 Å². The van der Waals surface area contributed by atoms with Gasteiger partial charge in [0.1, 0.15) is 10.2 Å². The Morgan fingerprint density at radius 1 is 1.03 bits per heavy atom. The van der Waals surface area contributed by atoms with E-state index < -0.39 is 50.9 Å². The molecule has 10 heteroatoms. The summed E-state index contributed by atoms with van der Waals surface area (Å²) in [6.07, 6.45) is 0.964. The Morgan fingerprint density at radius 3 is 2.39 bits per heavy atom. The van der Waals surface area contributed by atoms with E-state index in [4.69, 9.17) is 46.4 Å². The van der Waals surface area contributed by atoms with Gasteiger partial charge < -0.3 is 5.32 Å². The molecule has 1 saturated carbocycles. The predicted octanol–water partition coefficient (Wildman–Crippen LogP) is 6.88. The van der Waals surface area contributed by atoms with Gasteiger partial charge in [0, 0.05) is 30.0 Å². The van der Waals surface area contributed by atoms with Crippen LogP contribution < -0.4 is 5.32 Å². The number of anilines is 1. The molecule has 0 aliphatic heterocycles. The third-order valence-electron chi connectivity index (χ3n) is 5.02. The number of nitrogens with one attached hydrogen (secondary N) is 1. The van der Waals surface area contributed by atoms with E-state index >= 15 is 0 Å². The van der Waals surface area contributed by atoms with Gasteiger partial charge in [-0.3, -0.25) is 9.59 Å². The van der Waals surface area contributed by atoms with Gasteiger partial charge in [0.25, 0.3) is 0 Å². The Bertz CT molecular complexity index is 1030. The third kappa shape index (κ3) is 5.14. The zero-order chi connectivity index (χ0) is 22.9. The van der Waals surface area contributed by atoms with Crippen molar-refractivity contribution in [3.63, 3.8) is 0 Å². The van der Waals surface area contributed by atoms with Crippen molar-refractivity contribution < 1.29 is 22.8 Å². The minimum Gasteiger partial charge on any atom is -0.326 e. The highest BCUT2D eigenvalue weighted by molar-refractivity contribution is 6.53. The van der Waals surface area contributed by atoms with Gasteiger partial charge in [0.2, 0.25) is 5.91 Å². The first-order valence-electron chi connectivity index (χ1n) is 9.29. The quantitative estimate of drug-likeness (QED) is 0.238. The van der Waals surface area contributed by atoms with E-state index in [1.165, 1.54) is 12.1 Å². The average molecular weight is 513 g/mol. The molecule has 1 aliphatic carbocycles. The van der Waals surface area contributed by atoms with Crippen LogP contribution in [-0.4, -0.2) is 21.9 Å². The second-order valence-electron chi connectivity index (χ2n) is 7.18. The fourth-order valence-electron chi connectivity index (χ4n) is 3.37. The number of ketones is 1. The molecular formula is C21H16Cl4F3NO2. The van der Waals surface area contributed by atoms with Crippen LogP contribution in [0.3, 0.4) is 0 Å². The number of carbonyl (C=O) groups is 2. The van der Waals surface area contributed by atoms with Crippen molar-refractivity contribution >= 4 is 63.8 Å². The summed E-state index contributed by atoms with van der Waals surface area (Å²) in [5.41, 5.74) is -0.126. The first kappa shape index (κ1) is 24.2. The van der Waals surface area contributed by atoms with Crippen LogP contribution in [0.25, 0.3) is 0 Å². The van der Waals surface area contributed by atoms with Crippen molar-refractivity contribution in [3.8, 4) is 0 Å². The first-order chi connectivity index (χ1) is 14.6. The summed E-state index contributed by atoms with van der Waals surface area (Å²) in [6, 6.07) is 5.69. The topological polar surface area (TPSA) is 46.2 Å². The second kappa shape index (κ2) is 9.57. The van der Waals surface area contributed by atoms with Crippen molar-refractivity contribution in [3.05, 3.63) is 63.9 Å². The summed E-state index contributed by atoms with van der Waals surface area (Å²) in [6.45, 7) is 0. The molecule has 166 valence electrons. The Morgan fingerprint density at radius 2 is 1.74 bits per heavy atom. The van der Waals surface area contributed by atoms with Gasteiger partial charge in [-0.25, -0.2) is 13.2 Å². The smallest absolute Gasteiger partial charge is 0.231 e. The van der Waals surface area contributed by atoms with Gasteiger partial charge in [0.05, 0.1) is 16.5 Å². The van der Waals surface area contributed by atoms with Gasteiger partial charge in [-0.1, -0.05) is 17.7 Å². The van der Waals surface area contributed by atoms with Gasteiger partial charge in [-0.05, 0) is 36.6 Å². The molecule has 2 aromatic rings. The van der Waals surface area contributed by atoms with E-state index in [0.29, 0.717) is 24.3 Å². The summed E-state index contributed by atoms with van der Waals surface area (Å²) in [4.78, 5) is 24.9. The molecule has 2 unspecified atom stereocenters. The highest BCUT2D eigenvalue weighted by atomic mass is 35.5. The lowest BCUT2D eigenvalue weighted by molar-refractivity contribution is -0.117. The van der Waals surface area contributed by atoms with Crippen LogP contribution in [0.5, 0.6) is 0 Å². The van der Waals surface area contributed by atoms with E-state index in [2.05, 4.69) is 5.32 Å². The number of benzene rings is 2. The molecule has 1 amide bonds. The van der Waals surface area contributed by atoms with Crippen LogP contribution in [-0.2, 0) is 4.79 Å². The van der Waals surface area contributed by atoms with Gasteiger partial charge >= 0.3 is 0 Å². The van der Waals surface area contributed by atoms with Crippen LogP contribution in [0, 0.1) is 23.4 Å². The Kier molecular flexibility index (Phi) is 7.47. The molecule has 0 spiro atoms. The van der Waals surface area contributed by atoms with Crippen LogP contribution in [0.4, 0.5) is 18.9 Å². The summed E-state index contributed by atoms with van der Waals surface area (Å²) in [5, 5.41) is 2.27. The molecular weight excluding hydrogens is 497 g/mol. The molecule has 0 saturated heterocycles. The van der Waals surface area contributed by atoms with E-state index in [0.717, 1.165) is 18.2 Å². The number of hydrogen-bond donors (Lipinski definition) is 1. The molecule has 0 heterocycles. The minimum absolute atomic E-state index is 0.0109. The Hall–Kier alpha value is -1.47. The normalized spacial score (nSPS) is 19.2. The van der Waals surface area contributed by atoms with Crippen LogP contribution in [0.15, 0.2) is 30.3 Å². The fraction of sp³-hybridized carbons (Fsp3) is 0.333. The summed E-state index contributed by atoms with van der Waals surface area (Å²) < 4.78 is 40.1.